The van der Waals surface area contributed by atoms with Gasteiger partial charge >= 0.3 is 0 Å². The molecule has 5 rings (SSSR count). The molecule has 5 aromatic rings. The number of fused-ring (bicyclic) bond motifs is 1. The van der Waals surface area contributed by atoms with E-state index in [9.17, 15) is 14.9 Å². The van der Waals surface area contributed by atoms with Crippen LogP contribution in [0.3, 0.4) is 0 Å². The molecule has 1 amide bonds. The Morgan fingerprint density at radius 2 is 1.76 bits per heavy atom. The van der Waals surface area contributed by atoms with E-state index in [0.29, 0.717) is 28.4 Å². The Hall–Kier alpha value is -5.39. The topological polar surface area (TPSA) is 147 Å². The molecule has 0 unspecified atom stereocenters. The summed E-state index contributed by atoms with van der Waals surface area (Å²) in [5.41, 5.74) is 2.47. The number of anilines is 1. The van der Waals surface area contributed by atoms with E-state index in [2.05, 4.69) is 25.6 Å². The summed E-state index contributed by atoms with van der Waals surface area (Å²) in [6.45, 7) is 0. The highest BCUT2D eigenvalue weighted by molar-refractivity contribution is 6.07. The van der Waals surface area contributed by atoms with Crippen molar-refractivity contribution >= 4 is 22.9 Å². The van der Waals surface area contributed by atoms with Gasteiger partial charge in [0.1, 0.15) is 5.56 Å². The quantitative estimate of drug-likeness (QED) is 0.260. The molecule has 0 fully saturated rings. The van der Waals surface area contributed by atoms with Crippen molar-refractivity contribution in [2.24, 2.45) is 0 Å². The summed E-state index contributed by atoms with van der Waals surface area (Å²) >= 11 is 0. The number of hydrogen-bond acceptors (Lipinski definition) is 9. The second kappa shape index (κ2) is 9.70. The number of rotatable bonds is 7. The molecule has 12 nitrogen and oxygen atoms in total. The van der Waals surface area contributed by atoms with Crippen LogP contribution >= 0.6 is 0 Å². The molecule has 0 atom stereocenters. The lowest BCUT2D eigenvalue weighted by Crippen LogP contribution is -2.14. The van der Waals surface area contributed by atoms with Crippen LogP contribution in [0.1, 0.15) is 10.4 Å². The number of benzene rings is 2. The largest absolute Gasteiger partial charge is 0.493 e. The van der Waals surface area contributed by atoms with E-state index in [1.807, 2.05) is 12.1 Å². The van der Waals surface area contributed by atoms with Crippen molar-refractivity contribution in [3.05, 3.63) is 88.7 Å². The van der Waals surface area contributed by atoms with Gasteiger partial charge < -0.3 is 14.8 Å². The lowest BCUT2D eigenvalue weighted by Gasteiger charge is -2.11. The van der Waals surface area contributed by atoms with Gasteiger partial charge in [0.05, 0.1) is 30.9 Å². The van der Waals surface area contributed by atoms with Crippen LogP contribution in [0.2, 0.25) is 0 Å². The lowest BCUT2D eigenvalue weighted by atomic mass is 10.1. The van der Waals surface area contributed by atoms with Gasteiger partial charge in [-0.3, -0.25) is 19.9 Å². The Bertz CT molecular complexity index is 1640. The number of aromatic nitrogens is 5. The molecule has 0 aliphatic heterocycles. The van der Waals surface area contributed by atoms with E-state index in [0.717, 1.165) is 11.6 Å². The molecule has 184 valence electrons. The first-order chi connectivity index (χ1) is 18.0. The Balaban J connectivity index is 1.47. The number of nitro benzene ring substituents is 1. The normalized spacial score (nSPS) is 10.8. The van der Waals surface area contributed by atoms with Crippen molar-refractivity contribution in [2.75, 3.05) is 19.5 Å². The van der Waals surface area contributed by atoms with Crippen LogP contribution in [0.15, 0.2) is 73.1 Å². The number of nitrogens with one attached hydrogen (secondary N) is 1. The van der Waals surface area contributed by atoms with Crippen molar-refractivity contribution in [2.45, 2.75) is 0 Å². The lowest BCUT2D eigenvalue weighted by molar-refractivity contribution is -0.385. The van der Waals surface area contributed by atoms with Gasteiger partial charge in [-0.05, 0) is 36.4 Å². The fraction of sp³-hybridized carbons (Fsp3) is 0.0800. The maximum Gasteiger partial charge on any atom is 0.286 e. The molecule has 1 N–H and O–H groups in total. The maximum absolute atomic E-state index is 13.0. The van der Waals surface area contributed by atoms with E-state index in [1.54, 1.807) is 53.3 Å². The highest BCUT2D eigenvalue weighted by Crippen LogP contribution is 2.35. The minimum absolute atomic E-state index is 0.147. The molecular weight excluding hydrogens is 478 g/mol. The van der Waals surface area contributed by atoms with Crippen molar-refractivity contribution in [1.29, 1.82) is 0 Å². The van der Waals surface area contributed by atoms with Crippen LogP contribution in [0.25, 0.3) is 28.3 Å². The Morgan fingerprint density at radius 3 is 2.49 bits per heavy atom. The monoisotopic (exact) mass is 497 g/mol. The zero-order valence-corrected chi connectivity index (χ0v) is 19.7. The van der Waals surface area contributed by atoms with Crippen LogP contribution in [0.4, 0.5) is 11.4 Å². The van der Waals surface area contributed by atoms with Crippen LogP contribution in [-0.2, 0) is 0 Å². The zero-order chi connectivity index (χ0) is 25.9. The molecule has 37 heavy (non-hydrogen) atoms. The molecule has 0 spiro atoms. The highest BCUT2D eigenvalue weighted by atomic mass is 16.6. The van der Waals surface area contributed by atoms with Crippen molar-refractivity contribution in [3.8, 4) is 34.1 Å². The van der Waals surface area contributed by atoms with Gasteiger partial charge in [-0.2, -0.15) is 9.61 Å². The molecule has 3 heterocycles. The number of nitro groups is 1. The van der Waals surface area contributed by atoms with Gasteiger partial charge in [-0.1, -0.05) is 12.1 Å². The van der Waals surface area contributed by atoms with E-state index >= 15 is 0 Å². The molecule has 0 bridgehead atoms. The van der Waals surface area contributed by atoms with Gasteiger partial charge in [0.15, 0.2) is 23.0 Å². The number of pyridine rings is 1. The number of hydrogen-bond donors (Lipinski definition) is 1. The van der Waals surface area contributed by atoms with Crippen LogP contribution in [0.5, 0.6) is 11.5 Å². The number of methoxy groups -OCH3 is 2. The molecule has 0 saturated heterocycles. The molecule has 0 radical (unpaired) electrons. The molecule has 2 aromatic carbocycles. The molecular formula is C25H19N7O5. The zero-order valence-electron chi connectivity index (χ0n) is 19.7. The molecule has 0 aliphatic rings. The second-order valence-corrected chi connectivity index (χ2v) is 7.77. The molecule has 3 aromatic heterocycles. The van der Waals surface area contributed by atoms with Crippen LogP contribution in [0, 0.1) is 10.1 Å². The fourth-order valence-corrected chi connectivity index (χ4v) is 3.77. The first-order valence-electron chi connectivity index (χ1n) is 10.9. The summed E-state index contributed by atoms with van der Waals surface area (Å²) in [7, 11) is 2.74. The number of carbonyl (C=O) groups is 1. The van der Waals surface area contributed by atoms with Crippen LogP contribution in [-0.4, -0.2) is 49.8 Å². The van der Waals surface area contributed by atoms with Crippen molar-refractivity contribution in [1.82, 2.24) is 24.8 Å². The maximum atomic E-state index is 13.0. The molecule has 12 heteroatoms. The van der Waals surface area contributed by atoms with Gasteiger partial charge in [-0.25, -0.2) is 0 Å². The average molecular weight is 497 g/mol. The SMILES string of the molecule is COc1cc(C(=O)Nc2cccc(-c3ccc4nnc(-c5cccnc5)n4n3)c2)c([N+](=O)[O-])cc1OC. The summed E-state index contributed by atoms with van der Waals surface area (Å²) in [5.74, 6) is 0.206. The molecule has 0 aliphatic carbocycles. The summed E-state index contributed by atoms with van der Waals surface area (Å²) in [6, 6.07) is 16.6. The third-order valence-corrected chi connectivity index (χ3v) is 5.54. The van der Waals surface area contributed by atoms with Gasteiger partial charge in [-0.15, -0.1) is 10.2 Å². The minimum Gasteiger partial charge on any atom is -0.493 e. The number of carbonyl (C=O) groups excluding carboxylic acids is 1. The van der Waals surface area contributed by atoms with Crippen molar-refractivity contribution in [3.63, 3.8) is 0 Å². The smallest absolute Gasteiger partial charge is 0.286 e. The standard InChI is InChI=1S/C25H19N7O5/c1-36-21-12-18(20(32(34)35)13-22(21)37-2)25(33)27-17-7-3-5-15(11-17)19-8-9-23-28-29-24(31(23)30-19)16-6-4-10-26-14-16/h3-14H,1-2H3,(H,27,33). The summed E-state index contributed by atoms with van der Waals surface area (Å²) in [6.07, 6.45) is 3.34. The summed E-state index contributed by atoms with van der Waals surface area (Å²) < 4.78 is 11.9. The predicted molar refractivity (Wildman–Crippen MR) is 134 cm³/mol. The number of nitrogens with zero attached hydrogens (tertiary/aromatic N) is 6. The Kier molecular flexibility index (Phi) is 6.12. The average Bonchev–Trinajstić information content (AvgIpc) is 3.36. The Morgan fingerprint density at radius 1 is 0.973 bits per heavy atom. The fourth-order valence-electron chi connectivity index (χ4n) is 3.77. The van der Waals surface area contributed by atoms with E-state index in [1.165, 1.54) is 20.3 Å². The van der Waals surface area contributed by atoms with E-state index < -0.39 is 16.5 Å². The first kappa shape index (κ1) is 23.4. The summed E-state index contributed by atoms with van der Waals surface area (Å²) in [5, 5.41) is 27.4. The van der Waals surface area contributed by atoms with Crippen LogP contribution < -0.4 is 14.8 Å². The number of amides is 1. The highest BCUT2D eigenvalue weighted by Gasteiger charge is 2.25. The first-order valence-corrected chi connectivity index (χ1v) is 10.9. The third kappa shape index (κ3) is 4.50. The molecule has 0 saturated carbocycles. The third-order valence-electron chi connectivity index (χ3n) is 5.54. The van der Waals surface area contributed by atoms with Gasteiger partial charge in [0.25, 0.3) is 11.6 Å². The number of ether oxygens (including phenoxy) is 2. The van der Waals surface area contributed by atoms with E-state index in [-0.39, 0.29) is 17.1 Å². The van der Waals surface area contributed by atoms with Gasteiger partial charge in [0.2, 0.25) is 0 Å². The second-order valence-electron chi connectivity index (χ2n) is 7.77. The van der Waals surface area contributed by atoms with E-state index in [4.69, 9.17) is 9.47 Å². The van der Waals surface area contributed by atoms with Crippen molar-refractivity contribution < 1.29 is 19.2 Å². The summed E-state index contributed by atoms with van der Waals surface area (Å²) in [4.78, 5) is 28.1. The minimum atomic E-state index is -0.675. The Labute approximate surface area is 209 Å². The predicted octanol–water partition coefficient (Wildman–Crippen LogP) is 4.03. The van der Waals surface area contributed by atoms with Gasteiger partial charge in [0, 0.05) is 35.3 Å².